The predicted molar refractivity (Wildman–Crippen MR) is 86.1 cm³/mol. The Balaban J connectivity index is 1.54. The first-order valence-corrected chi connectivity index (χ1v) is 8.43. The Morgan fingerprint density at radius 3 is 2.56 bits per heavy atom. The fourth-order valence-corrected chi connectivity index (χ4v) is 2.92. The van der Waals surface area contributed by atoms with E-state index in [1.807, 2.05) is 0 Å². The van der Waals surface area contributed by atoms with Gasteiger partial charge in [-0.25, -0.2) is 0 Å². The van der Waals surface area contributed by atoms with E-state index in [9.17, 15) is 13.2 Å². The molecule has 136 valence electrons. The van der Waals surface area contributed by atoms with Crippen molar-refractivity contribution >= 4 is 0 Å². The summed E-state index contributed by atoms with van der Waals surface area (Å²) >= 11 is 0. The largest absolute Gasteiger partial charge is 0.487 e. The van der Waals surface area contributed by atoms with E-state index in [1.54, 1.807) is 10.9 Å². The van der Waals surface area contributed by atoms with Gasteiger partial charge in [-0.3, -0.25) is 4.68 Å². The van der Waals surface area contributed by atoms with Crippen molar-refractivity contribution in [3.05, 3.63) is 41.7 Å². The van der Waals surface area contributed by atoms with Crippen molar-refractivity contribution in [2.24, 2.45) is 0 Å². The number of alkyl halides is 3. The molecule has 0 radical (unpaired) electrons. The van der Waals surface area contributed by atoms with E-state index in [2.05, 4.69) is 15.2 Å². The molecule has 0 saturated carbocycles. The van der Waals surface area contributed by atoms with Crippen molar-refractivity contribution in [2.75, 3.05) is 19.6 Å². The third-order valence-electron chi connectivity index (χ3n) is 4.25. The van der Waals surface area contributed by atoms with Gasteiger partial charge < -0.3 is 9.64 Å². The number of para-hydroxylation sites is 1. The zero-order valence-corrected chi connectivity index (χ0v) is 13.9. The first-order chi connectivity index (χ1) is 12.0. The molecular weight excluding hydrogens is 333 g/mol. The molecule has 1 aliphatic rings. The minimum absolute atomic E-state index is 0.0448. The summed E-state index contributed by atoms with van der Waals surface area (Å²) in [5.41, 5.74) is -0.275. The predicted octanol–water partition coefficient (Wildman–Crippen LogP) is 3.36. The summed E-state index contributed by atoms with van der Waals surface area (Å²) in [6.45, 7) is 3.79. The number of rotatable bonds is 6. The quantitative estimate of drug-likeness (QED) is 0.798. The summed E-state index contributed by atoms with van der Waals surface area (Å²) < 4.78 is 45.8. The van der Waals surface area contributed by atoms with Crippen LogP contribution >= 0.6 is 0 Å². The van der Waals surface area contributed by atoms with E-state index in [4.69, 9.17) is 4.74 Å². The van der Waals surface area contributed by atoms with E-state index in [0.29, 0.717) is 12.2 Å². The lowest BCUT2D eigenvalue weighted by Gasteiger charge is -2.25. The molecule has 1 aromatic heterocycles. The lowest BCUT2D eigenvalue weighted by atomic mass is 10.1. The highest BCUT2D eigenvalue weighted by molar-refractivity contribution is 5.35. The number of benzene rings is 1. The number of hydrogen-bond donors (Lipinski definition) is 0. The summed E-state index contributed by atoms with van der Waals surface area (Å²) in [4.78, 5) is 2.39. The number of nitrogens with zero attached hydrogens (tertiary/aromatic N) is 4. The first-order valence-electron chi connectivity index (χ1n) is 8.43. The molecule has 0 bridgehead atoms. The highest BCUT2D eigenvalue weighted by Crippen LogP contribution is 2.36. The van der Waals surface area contributed by atoms with Gasteiger partial charge in [-0.05, 0) is 38.1 Å². The van der Waals surface area contributed by atoms with E-state index < -0.39 is 11.7 Å². The van der Waals surface area contributed by atoms with Crippen LogP contribution in [0, 0.1) is 0 Å². The summed E-state index contributed by atoms with van der Waals surface area (Å²) in [6, 6.07) is 5.17. The Morgan fingerprint density at radius 2 is 1.80 bits per heavy atom. The van der Waals surface area contributed by atoms with Crippen LogP contribution < -0.4 is 4.74 Å². The Kier molecular flexibility index (Phi) is 5.57. The van der Waals surface area contributed by atoms with Crippen LogP contribution in [0.3, 0.4) is 0 Å². The lowest BCUT2D eigenvalue weighted by molar-refractivity contribution is -0.139. The molecule has 2 heterocycles. The third kappa shape index (κ3) is 4.94. The van der Waals surface area contributed by atoms with Crippen LogP contribution in [0.4, 0.5) is 13.2 Å². The van der Waals surface area contributed by atoms with Crippen molar-refractivity contribution < 1.29 is 17.9 Å². The molecule has 3 rings (SSSR count). The number of likely N-dealkylation sites (tertiary alicyclic amines) is 1. The second-order valence-electron chi connectivity index (χ2n) is 6.16. The van der Waals surface area contributed by atoms with E-state index in [0.717, 1.165) is 25.7 Å². The molecule has 5 nitrogen and oxygen atoms in total. The highest BCUT2D eigenvalue weighted by atomic mass is 19.4. The van der Waals surface area contributed by atoms with Gasteiger partial charge in [0.05, 0.1) is 18.3 Å². The maximum atomic E-state index is 12.9. The zero-order chi connectivity index (χ0) is 17.7. The SMILES string of the molecule is FC(F)(F)c1ccccc1OCc1cn(CCN2CCCCC2)nn1. The van der Waals surface area contributed by atoms with E-state index in [1.165, 1.54) is 37.5 Å². The molecule has 2 aromatic rings. The fourth-order valence-electron chi connectivity index (χ4n) is 2.92. The normalized spacial score (nSPS) is 16.1. The summed E-state index contributed by atoms with van der Waals surface area (Å²) in [5.74, 6) is -0.196. The topological polar surface area (TPSA) is 43.2 Å². The monoisotopic (exact) mass is 354 g/mol. The molecule has 0 unspecified atom stereocenters. The molecule has 1 aromatic carbocycles. The Morgan fingerprint density at radius 1 is 1.04 bits per heavy atom. The van der Waals surface area contributed by atoms with Crippen molar-refractivity contribution in [3.8, 4) is 5.75 Å². The van der Waals surface area contributed by atoms with Crippen LogP contribution in [0.5, 0.6) is 5.75 Å². The molecule has 25 heavy (non-hydrogen) atoms. The molecule has 8 heteroatoms. The van der Waals surface area contributed by atoms with Gasteiger partial charge in [0.1, 0.15) is 18.1 Å². The average Bonchev–Trinajstić information content (AvgIpc) is 3.06. The summed E-state index contributed by atoms with van der Waals surface area (Å²) in [6.07, 6.45) is 1.04. The van der Waals surface area contributed by atoms with Gasteiger partial charge >= 0.3 is 6.18 Å². The molecule has 0 spiro atoms. The minimum atomic E-state index is -4.44. The molecule has 1 fully saturated rings. The van der Waals surface area contributed by atoms with Gasteiger partial charge in [0.2, 0.25) is 0 Å². The average molecular weight is 354 g/mol. The molecule has 0 atom stereocenters. The van der Waals surface area contributed by atoms with Gasteiger partial charge in [0.25, 0.3) is 0 Å². The van der Waals surface area contributed by atoms with Crippen LogP contribution in [0.15, 0.2) is 30.5 Å². The first kappa shape index (κ1) is 17.7. The molecular formula is C17H21F3N4O. The summed E-state index contributed by atoms with van der Waals surface area (Å²) in [5, 5.41) is 8.00. The van der Waals surface area contributed by atoms with E-state index >= 15 is 0 Å². The van der Waals surface area contributed by atoms with Gasteiger partial charge in [-0.15, -0.1) is 5.10 Å². The van der Waals surface area contributed by atoms with Crippen LogP contribution in [-0.4, -0.2) is 39.5 Å². The third-order valence-corrected chi connectivity index (χ3v) is 4.25. The van der Waals surface area contributed by atoms with Crippen LogP contribution in [0.1, 0.15) is 30.5 Å². The maximum Gasteiger partial charge on any atom is 0.419 e. The zero-order valence-electron chi connectivity index (χ0n) is 13.9. The molecule has 1 aliphatic heterocycles. The Labute approximate surface area is 144 Å². The number of hydrogen-bond acceptors (Lipinski definition) is 4. The van der Waals surface area contributed by atoms with Crippen molar-refractivity contribution in [2.45, 2.75) is 38.6 Å². The van der Waals surface area contributed by atoms with Crippen molar-refractivity contribution in [1.82, 2.24) is 19.9 Å². The lowest BCUT2D eigenvalue weighted by Crippen LogP contribution is -2.32. The van der Waals surface area contributed by atoms with Crippen molar-refractivity contribution in [3.63, 3.8) is 0 Å². The molecule has 1 saturated heterocycles. The maximum absolute atomic E-state index is 12.9. The van der Waals surface area contributed by atoms with Crippen LogP contribution in [0.2, 0.25) is 0 Å². The number of halogens is 3. The minimum Gasteiger partial charge on any atom is -0.487 e. The number of ether oxygens (including phenoxy) is 1. The second kappa shape index (κ2) is 7.86. The van der Waals surface area contributed by atoms with Gasteiger partial charge in [0, 0.05) is 6.54 Å². The Bertz CT molecular complexity index is 681. The van der Waals surface area contributed by atoms with Gasteiger partial charge in [-0.2, -0.15) is 13.2 Å². The second-order valence-corrected chi connectivity index (χ2v) is 6.16. The van der Waals surface area contributed by atoms with Crippen molar-refractivity contribution in [1.29, 1.82) is 0 Å². The smallest absolute Gasteiger partial charge is 0.419 e. The Hall–Kier alpha value is -2.09. The molecule has 0 aliphatic carbocycles. The van der Waals surface area contributed by atoms with Gasteiger partial charge in [-0.1, -0.05) is 23.8 Å². The van der Waals surface area contributed by atoms with Gasteiger partial charge in [0.15, 0.2) is 0 Å². The highest BCUT2D eigenvalue weighted by Gasteiger charge is 2.34. The molecule has 0 N–H and O–H groups in total. The summed E-state index contributed by atoms with van der Waals surface area (Å²) in [7, 11) is 0. The molecule has 0 amide bonds. The number of aromatic nitrogens is 3. The fraction of sp³-hybridized carbons (Fsp3) is 0.529. The number of piperidine rings is 1. The van der Waals surface area contributed by atoms with Crippen LogP contribution in [-0.2, 0) is 19.3 Å². The standard InChI is InChI=1S/C17H21F3N4O/c18-17(19,20)15-6-2-3-7-16(15)25-13-14-12-24(22-21-14)11-10-23-8-4-1-5-9-23/h2-3,6-7,12H,1,4-5,8-11,13H2. The van der Waals surface area contributed by atoms with Crippen LogP contribution in [0.25, 0.3) is 0 Å². The van der Waals surface area contributed by atoms with E-state index in [-0.39, 0.29) is 12.4 Å².